The molecule has 0 aromatic heterocycles. The summed E-state index contributed by atoms with van der Waals surface area (Å²) in [4.78, 5) is 0. The van der Waals surface area contributed by atoms with Crippen LogP contribution in [0.2, 0.25) is 0 Å². The molecular formula is C8H18O2. The molecule has 0 aliphatic heterocycles. The Kier molecular flexibility index (Phi) is 4.65. The van der Waals surface area contributed by atoms with Crippen molar-refractivity contribution in [3.63, 3.8) is 0 Å². The molecular weight excluding hydrogens is 128 g/mol. The molecule has 0 saturated carbocycles. The largest absolute Gasteiger partial charge is 0.396 e. The highest BCUT2D eigenvalue weighted by Crippen LogP contribution is 2.14. The summed E-state index contributed by atoms with van der Waals surface area (Å²) in [5.74, 6) is 0.603. The van der Waals surface area contributed by atoms with Crippen molar-refractivity contribution in [2.75, 3.05) is 6.61 Å². The van der Waals surface area contributed by atoms with Crippen LogP contribution in [0.4, 0.5) is 0 Å². The third-order valence-corrected chi connectivity index (χ3v) is 1.69. The van der Waals surface area contributed by atoms with Crippen LogP contribution in [0.1, 0.15) is 27.2 Å². The summed E-state index contributed by atoms with van der Waals surface area (Å²) in [6, 6.07) is 0. The van der Waals surface area contributed by atoms with E-state index >= 15 is 0 Å². The Morgan fingerprint density at radius 2 is 1.70 bits per heavy atom. The molecule has 0 amide bonds. The molecule has 2 nitrogen and oxygen atoms in total. The van der Waals surface area contributed by atoms with Gasteiger partial charge in [0.2, 0.25) is 0 Å². The van der Waals surface area contributed by atoms with Gasteiger partial charge in [-0.05, 0) is 19.3 Å². The number of hydrogen-bond donors (Lipinski definition) is 2. The summed E-state index contributed by atoms with van der Waals surface area (Å²) < 4.78 is 0. The zero-order chi connectivity index (χ0) is 8.15. The first kappa shape index (κ1) is 9.92. The second-order valence-corrected chi connectivity index (χ2v) is 3.31. The zero-order valence-electron chi connectivity index (χ0n) is 7.04. The maximum absolute atomic E-state index is 9.10. The van der Waals surface area contributed by atoms with Gasteiger partial charge in [0.15, 0.2) is 0 Å². The van der Waals surface area contributed by atoms with Gasteiger partial charge in [-0.25, -0.2) is 0 Å². The van der Waals surface area contributed by atoms with Crippen LogP contribution in [0.3, 0.4) is 0 Å². The van der Waals surface area contributed by atoms with Crippen LogP contribution >= 0.6 is 0 Å². The molecule has 2 N–H and O–H groups in total. The van der Waals surface area contributed by atoms with E-state index in [2.05, 4.69) is 13.8 Å². The predicted molar refractivity (Wildman–Crippen MR) is 41.7 cm³/mol. The SMILES string of the molecule is CC(C)CC(CO)C(C)O. The molecule has 10 heavy (non-hydrogen) atoms. The fraction of sp³-hybridized carbons (Fsp3) is 1.00. The van der Waals surface area contributed by atoms with E-state index in [-0.39, 0.29) is 18.6 Å². The summed E-state index contributed by atoms with van der Waals surface area (Å²) in [5.41, 5.74) is 0. The standard InChI is InChI=1S/C8H18O2/c1-6(2)4-8(5-9)7(3)10/h6-10H,4-5H2,1-3H3. The van der Waals surface area contributed by atoms with Crippen LogP contribution in [0.15, 0.2) is 0 Å². The molecule has 2 atom stereocenters. The minimum absolute atomic E-state index is 0.0556. The highest BCUT2D eigenvalue weighted by molar-refractivity contribution is 4.64. The lowest BCUT2D eigenvalue weighted by atomic mass is 9.94. The number of aliphatic hydroxyl groups is 2. The lowest BCUT2D eigenvalue weighted by Crippen LogP contribution is -2.22. The van der Waals surface area contributed by atoms with Crippen molar-refractivity contribution >= 4 is 0 Å². The maximum Gasteiger partial charge on any atom is 0.0562 e. The Morgan fingerprint density at radius 3 is 1.80 bits per heavy atom. The quantitative estimate of drug-likeness (QED) is 0.621. The average Bonchev–Trinajstić information content (AvgIpc) is 1.81. The summed E-state index contributed by atoms with van der Waals surface area (Å²) in [5, 5.41) is 17.9. The van der Waals surface area contributed by atoms with Gasteiger partial charge in [-0.1, -0.05) is 13.8 Å². The summed E-state index contributed by atoms with van der Waals surface area (Å²) in [6.07, 6.45) is 0.515. The van der Waals surface area contributed by atoms with Gasteiger partial charge in [0.25, 0.3) is 0 Å². The van der Waals surface area contributed by atoms with Gasteiger partial charge in [-0.3, -0.25) is 0 Å². The Bertz CT molecular complexity index is 79.3. The summed E-state index contributed by atoms with van der Waals surface area (Å²) in [7, 11) is 0. The Balaban J connectivity index is 3.60. The van der Waals surface area contributed by atoms with Crippen LogP contribution in [-0.2, 0) is 0 Å². The van der Waals surface area contributed by atoms with Crippen molar-refractivity contribution in [2.45, 2.75) is 33.3 Å². The summed E-state index contributed by atoms with van der Waals surface area (Å²) in [6.45, 7) is 6.00. The van der Waals surface area contributed by atoms with Gasteiger partial charge in [0.1, 0.15) is 0 Å². The van der Waals surface area contributed by atoms with Crippen molar-refractivity contribution in [1.29, 1.82) is 0 Å². The van der Waals surface area contributed by atoms with E-state index in [9.17, 15) is 0 Å². The molecule has 0 heterocycles. The minimum atomic E-state index is -0.382. The Morgan fingerprint density at radius 1 is 1.20 bits per heavy atom. The van der Waals surface area contributed by atoms with Gasteiger partial charge in [-0.2, -0.15) is 0 Å². The topological polar surface area (TPSA) is 40.5 Å². The molecule has 62 valence electrons. The lowest BCUT2D eigenvalue weighted by Gasteiger charge is -2.18. The number of rotatable bonds is 4. The van der Waals surface area contributed by atoms with E-state index in [0.29, 0.717) is 5.92 Å². The van der Waals surface area contributed by atoms with Gasteiger partial charge in [-0.15, -0.1) is 0 Å². The van der Waals surface area contributed by atoms with Gasteiger partial charge >= 0.3 is 0 Å². The first-order chi connectivity index (χ1) is 4.57. The van der Waals surface area contributed by atoms with E-state index < -0.39 is 0 Å². The zero-order valence-corrected chi connectivity index (χ0v) is 7.04. The Hall–Kier alpha value is -0.0800. The predicted octanol–water partition coefficient (Wildman–Crippen LogP) is 1.02. The van der Waals surface area contributed by atoms with Gasteiger partial charge in [0, 0.05) is 12.5 Å². The van der Waals surface area contributed by atoms with Crippen LogP contribution in [0.5, 0.6) is 0 Å². The fourth-order valence-corrected chi connectivity index (χ4v) is 1.03. The van der Waals surface area contributed by atoms with Crippen molar-refractivity contribution in [2.24, 2.45) is 11.8 Å². The third-order valence-electron chi connectivity index (χ3n) is 1.69. The molecule has 0 aromatic rings. The molecule has 0 rings (SSSR count). The molecule has 2 heteroatoms. The van der Waals surface area contributed by atoms with Crippen LogP contribution in [-0.4, -0.2) is 22.9 Å². The molecule has 2 unspecified atom stereocenters. The second kappa shape index (κ2) is 4.69. The molecule has 0 aliphatic rings. The highest BCUT2D eigenvalue weighted by Gasteiger charge is 2.14. The number of aliphatic hydroxyl groups excluding tert-OH is 2. The average molecular weight is 146 g/mol. The van der Waals surface area contributed by atoms with Gasteiger partial charge in [0.05, 0.1) is 6.10 Å². The molecule has 0 radical (unpaired) electrons. The van der Waals surface area contributed by atoms with Crippen LogP contribution < -0.4 is 0 Å². The van der Waals surface area contributed by atoms with E-state index in [1.54, 1.807) is 6.92 Å². The van der Waals surface area contributed by atoms with Crippen LogP contribution in [0.25, 0.3) is 0 Å². The lowest BCUT2D eigenvalue weighted by molar-refractivity contribution is 0.0683. The molecule has 0 aromatic carbocycles. The highest BCUT2D eigenvalue weighted by atomic mass is 16.3. The van der Waals surface area contributed by atoms with Crippen molar-refractivity contribution < 1.29 is 10.2 Å². The van der Waals surface area contributed by atoms with Crippen molar-refractivity contribution in [1.82, 2.24) is 0 Å². The molecule has 0 saturated heterocycles. The molecule has 0 aliphatic carbocycles. The Labute approximate surface area is 62.9 Å². The first-order valence-electron chi connectivity index (χ1n) is 3.86. The van der Waals surface area contributed by atoms with Crippen molar-refractivity contribution in [3.05, 3.63) is 0 Å². The summed E-state index contributed by atoms with van der Waals surface area (Å²) >= 11 is 0. The van der Waals surface area contributed by atoms with Gasteiger partial charge < -0.3 is 10.2 Å². The van der Waals surface area contributed by atoms with E-state index in [1.807, 2.05) is 0 Å². The molecule has 0 bridgehead atoms. The van der Waals surface area contributed by atoms with E-state index in [4.69, 9.17) is 10.2 Å². The van der Waals surface area contributed by atoms with E-state index in [0.717, 1.165) is 6.42 Å². The van der Waals surface area contributed by atoms with Crippen molar-refractivity contribution in [3.8, 4) is 0 Å². The molecule has 0 fully saturated rings. The monoisotopic (exact) mass is 146 g/mol. The third kappa shape index (κ3) is 3.85. The normalized spacial score (nSPS) is 17.4. The van der Waals surface area contributed by atoms with Crippen LogP contribution in [0, 0.1) is 11.8 Å². The maximum atomic E-state index is 9.10. The second-order valence-electron chi connectivity index (χ2n) is 3.31. The fourth-order valence-electron chi connectivity index (χ4n) is 1.03. The smallest absolute Gasteiger partial charge is 0.0562 e. The number of hydrogen-bond acceptors (Lipinski definition) is 2. The van der Waals surface area contributed by atoms with E-state index in [1.165, 1.54) is 0 Å². The molecule has 0 spiro atoms. The minimum Gasteiger partial charge on any atom is -0.396 e. The first-order valence-corrected chi connectivity index (χ1v) is 3.86.